The van der Waals surface area contributed by atoms with Gasteiger partial charge in [0.05, 0.1) is 25.4 Å². The van der Waals surface area contributed by atoms with E-state index < -0.39 is 12.1 Å². The summed E-state index contributed by atoms with van der Waals surface area (Å²) in [5, 5.41) is 23.2. The molecular weight excluding hydrogens is 911 g/mol. The molecule has 0 saturated carbocycles. The van der Waals surface area contributed by atoms with E-state index in [1.807, 2.05) is 6.08 Å². The van der Waals surface area contributed by atoms with Crippen molar-refractivity contribution in [3.05, 3.63) is 48.6 Å². The molecule has 0 aromatic heterocycles. The first-order chi connectivity index (χ1) is 36.5. The summed E-state index contributed by atoms with van der Waals surface area (Å²) in [6.07, 6.45) is 81.6. The molecule has 2 unspecified atom stereocenters. The molecule has 0 spiro atoms. The lowest BCUT2D eigenvalue weighted by Crippen LogP contribution is -2.45. The number of esters is 1. The molecule has 6 heteroatoms. The number of rotatable bonds is 61. The Morgan fingerprint density at radius 3 is 1.04 bits per heavy atom. The van der Waals surface area contributed by atoms with E-state index in [4.69, 9.17) is 4.74 Å². The molecule has 0 aliphatic carbocycles. The molecule has 0 aliphatic heterocycles. The van der Waals surface area contributed by atoms with Gasteiger partial charge in [0, 0.05) is 12.8 Å². The van der Waals surface area contributed by atoms with Gasteiger partial charge in [-0.15, -0.1) is 0 Å². The van der Waals surface area contributed by atoms with Gasteiger partial charge in [0.15, 0.2) is 0 Å². The summed E-state index contributed by atoms with van der Waals surface area (Å²) in [6.45, 7) is 4.90. The van der Waals surface area contributed by atoms with Crippen LogP contribution in [0.15, 0.2) is 48.6 Å². The van der Waals surface area contributed by atoms with Crippen LogP contribution in [-0.4, -0.2) is 47.4 Å². The fourth-order valence-corrected chi connectivity index (χ4v) is 10.0. The van der Waals surface area contributed by atoms with Gasteiger partial charge in [0.2, 0.25) is 5.91 Å². The maximum atomic E-state index is 12.5. The number of carbonyl (C=O) groups is 2. The SMILES string of the molecule is CCCCCCCC/C=C\CCCCCCCC(=O)OCCCCCCCCCCC/C=C\C/C=C\CCCCCCCCCC(=O)NC(CO)C(O)/C=C/CCCCCCCCCCCCCCCCCCC. The van der Waals surface area contributed by atoms with Gasteiger partial charge in [-0.05, 0) is 89.9 Å². The van der Waals surface area contributed by atoms with Crippen molar-refractivity contribution in [1.29, 1.82) is 0 Å². The van der Waals surface area contributed by atoms with Crippen molar-refractivity contribution in [2.45, 2.75) is 360 Å². The molecule has 0 aromatic rings. The Morgan fingerprint density at radius 1 is 0.378 bits per heavy atom. The Morgan fingerprint density at radius 2 is 0.676 bits per heavy atom. The number of unbranched alkanes of at least 4 members (excludes halogenated alkanes) is 44. The van der Waals surface area contributed by atoms with Crippen molar-refractivity contribution in [3.63, 3.8) is 0 Å². The summed E-state index contributed by atoms with van der Waals surface area (Å²) in [7, 11) is 0. The van der Waals surface area contributed by atoms with Crippen LogP contribution in [0.1, 0.15) is 348 Å². The van der Waals surface area contributed by atoms with Crippen LogP contribution >= 0.6 is 0 Å². The molecule has 1 amide bonds. The maximum absolute atomic E-state index is 12.5. The summed E-state index contributed by atoms with van der Waals surface area (Å²) >= 11 is 0. The van der Waals surface area contributed by atoms with Crippen LogP contribution in [0.2, 0.25) is 0 Å². The molecule has 0 radical (unpaired) electrons. The quantitative estimate of drug-likeness (QED) is 0.0320. The van der Waals surface area contributed by atoms with Crippen molar-refractivity contribution < 1.29 is 24.5 Å². The number of ether oxygens (including phenoxy) is 1. The highest BCUT2D eigenvalue weighted by Crippen LogP contribution is 2.17. The average Bonchev–Trinajstić information content (AvgIpc) is 3.40. The van der Waals surface area contributed by atoms with Gasteiger partial charge in [-0.3, -0.25) is 9.59 Å². The number of aliphatic hydroxyl groups excluding tert-OH is 2. The minimum absolute atomic E-state index is 0.00144. The van der Waals surface area contributed by atoms with Crippen molar-refractivity contribution in [2.24, 2.45) is 0 Å². The van der Waals surface area contributed by atoms with Crippen LogP contribution in [0, 0.1) is 0 Å². The minimum atomic E-state index is -0.853. The third kappa shape index (κ3) is 59.1. The van der Waals surface area contributed by atoms with Gasteiger partial charge in [0.25, 0.3) is 0 Å². The molecule has 0 aliphatic rings. The fourth-order valence-electron chi connectivity index (χ4n) is 10.0. The number of allylic oxidation sites excluding steroid dienone is 7. The number of nitrogens with one attached hydrogen (secondary N) is 1. The molecule has 434 valence electrons. The van der Waals surface area contributed by atoms with E-state index in [-0.39, 0.29) is 18.5 Å². The van der Waals surface area contributed by atoms with Crippen molar-refractivity contribution in [3.8, 4) is 0 Å². The van der Waals surface area contributed by atoms with Crippen molar-refractivity contribution in [2.75, 3.05) is 13.2 Å². The van der Waals surface area contributed by atoms with E-state index >= 15 is 0 Å². The summed E-state index contributed by atoms with van der Waals surface area (Å²) < 4.78 is 5.48. The Labute approximate surface area is 461 Å². The predicted octanol–water partition coefficient (Wildman–Crippen LogP) is 20.9. The summed E-state index contributed by atoms with van der Waals surface area (Å²) in [6, 6.07) is -0.637. The normalized spacial score (nSPS) is 12.9. The van der Waals surface area contributed by atoms with E-state index in [9.17, 15) is 19.8 Å². The van der Waals surface area contributed by atoms with E-state index in [2.05, 4.69) is 55.6 Å². The van der Waals surface area contributed by atoms with E-state index in [0.717, 1.165) is 64.2 Å². The number of carbonyl (C=O) groups excluding carboxylic acids is 2. The fraction of sp³-hybridized carbons (Fsp3) is 0.853. The number of aliphatic hydroxyl groups is 2. The zero-order valence-corrected chi connectivity index (χ0v) is 49.6. The highest BCUT2D eigenvalue weighted by molar-refractivity contribution is 5.76. The molecule has 3 N–H and O–H groups in total. The molecule has 0 heterocycles. The molecule has 0 aromatic carbocycles. The van der Waals surface area contributed by atoms with Crippen LogP contribution in [0.4, 0.5) is 0 Å². The number of hydrogen-bond acceptors (Lipinski definition) is 5. The second kappa shape index (κ2) is 63.4. The number of amides is 1. The first kappa shape index (κ1) is 71.8. The monoisotopic (exact) mass is 1040 g/mol. The first-order valence-corrected chi connectivity index (χ1v) is 32.9. The average molecular weight is 1040 g/mol. The van der Waals surface area contributed by atoms with Crippen molar-refractivity contribution >= 4 is 11.9 Å². The third-order valence-electron chi connectivity index (χ3n) is 15.1. The third-order valence-corrected chi connectivity index (χ3v) is 15.1. The smallest absolute Gasteiger partial charge is 0.305 e. The molecule has 0 saturated heterocycles. The maximum Gasteiger partial charge on any atom is 0.305 e. The van der Waals surface area contributed by atoms with Crippen molar-refractivity contribution in [1.82, 2.24) is 5.32 Å². The lowest BCUT2D eigenvalue weighted by atomic mass is 10.0. The molecule has 6 nitrogen and oxygen atoms in total. The van der Waals surface area contributed by atoms with E-state index in [1.54, 1.807) is 6.08 Å². The largest absolute Gasteiger partial charge is 0.466 e. The molecule has 0 fully saturated rings. The van der Waals surface area contributed by atoms with Gasteiger partial charge < -0.3 is 20.3 Å². The van der Waals surface area contributed by atoms with Crippen LogP contribution in [0.5, 0.6) is 0 Å². The Bertz CT molecular complexity index is 1240. The first-order valence-electron chi connectivity index (χ1n) is 32.9. The van der Waals surface area contributed by atoms with Gasteiger partial charge in [0.1, 0.15) is 0 Å². The Kier molecular flexibility index (Phi) is 61.5. The van der Waals surface area contributed by atoms with Gasteiger partial charge in [-0.25, -0.2) is 0 Å². The molecule has 74 heavy (non-hydrogen) atoms. The highest BCUT2D eigenvalue weighted by atomic mass is 16.5. The highest BCUT2D eigenvalue weighted by Gasteiger charge is 2.18. The second-order valence-electron chi connectivity index (χ2n) is 22.4. The van der Waals surface area contributed by atoms with Crippen LogP contribution in [0.3, 0.4) is 0 Å². The molecule has 0 rings (SSSR count). The molecule has 2 atom stereocenters. The standard InChI is InChI=1S/C68H127NO5/c1-3-5-7-9-11-13-15-17-19-20-26-29-33-36-40-44-48-52-56-60-66(71)65(64-70)69-67(72)61-57-53-49-45-41-37-34-30-27-24-22-21-23-25-28-31-35-39-43-47-51-55-59-63-74-68(73)62-58-54-50-46-42-38-32-18-16-14-12-10-8-6-4-2/h18,21,23-24,27,32,56,60,65-66,70-71H,3-17,19-20,22,25-26,28-31,33-55,57-59,61-64H2,1-2H3,(H,69,72)/b23-21-,27-24-,32-18-,60-56+. The molecular formula is C68H127NO5. The Balaban J connectivity index is 3.48. The molecule has 0 bridgehead atoms. The zero-order valence-electron chi connectivity index (χ0n) is 49.6. The topological polar surface area (TPSA) is 95.9 Å². The summed E-state index contributed by atoms with van der Waals surface area (Å²) in [5.74, 6) is -0.0780. The van der Waals surface area contributed by atoms with Gasteiger partial charge in [-0.1, -0.05) is 294 Å². The summed E-state index contributed by atoms with van der Waals surface area (Å²) in [4.78, 5) is 24.6. The van der Waals surface area contributed by atoms with E-state index in [1.165, 1.54) is 257 Å². The summed E-state index contributed by atoms with van der Waals surface area (Å²) in [5.41, 5.74) is 0. The van der Waals surface area contributed by atoms with Gasteiger partial charge >= 0.3 is 5.97 Å². The van der Waals surface area contributed by atoms with Gasteiger partial charge in [-0.2, -0.15) is 0 Å². The van der Waals surface area contributed by atoms with Crippen LogP contribution < -0.4 is 5.32 Å². The second-order valence-corrected chi connectivity index (χ2v) is 22.4. The van der Waals surface area contributed by atoms with Crippen LogP contribution in [-0.2, 0) is 14.3 Å². The van der Waals surface area contributed by atoms with E-state index in [0.29, 0.717) is 19.4 Å². The lowest BCUT2D eigenvalue weighted by Gasteiger charge is -2.20. The lowest BCUT2D eigenvalue weighted by molar-refractivity contribution is -0.143. The Hall–Kier alpha value is -2.18. The number of hydrogen-bond donors (Lipinski definition) is 3. The zero-order chi connectivity index (χ0) is 53.6. The minimum Gasteiger partial charge on any atom is -0.466 e. The predicted molar refractivity (Wildman–Crippen MR) is 324 cm³/mol. The van der Waals surface area contributed by atoms with Crippen LogP contribution in [0.25, 0.3) is 0 Å².